The second kappa shape index (κ2) is 12.4. The molecule has 1 aromatic carbocycles. The Morgan fingerprint density at radius 2 is 1.73 bits per heavy atom. The van der Waals surface area contributed by atoms with Gasteiger partial charge in [-0.25, -0.2) is 10.2 Å². The van der Waals surface area contributed by atoms with Crippen LogP contribution in [0.2, 0.25) is 0 Å². The summed E-state index contributed by atoms with van der Waals surface area (Å²) < 4.78 is 0. The van der Waals surface area contributed by atoms with Gasteiger partial charge in [-0.1, -0.05) is 50.6 Å². The fourth-order valence-electron chi connectivity index (χ4n) is 3.84. The summed E-state index contributed by atoms with van der Waals surface area (Å²) in [7, 11) is 0. The molecule has 1 aliphatic carbocycles. The molecule has 0 heterocycles. The topological polar surface area (TPSA) is 82.6 Å². The number of amides is 3. The smallest absolute Gasteiger partial charge is 0.335 e. The van der Waals surface area contributed by atoms with Crippen LogP contribution in [-0.4, -0.2) is 24.2 Å². The number of nitrogens with one attached hydrogen (secondary N) is 3. The number of hydrazone groups is 1. The fourth-order valence-corrected chi connectivity index (χ4v) is 3.84. The predicted octanol–water partition coefficient (Wildman–Crippen LogP) is 4.53. The largest absolute Gasteiger partial charge is 0.352 e. The zero-order chi connectivity index (χ0) is 21.9. The van der Waals surface area contributed by atoms with E-state index in [2.05, 4.69) is 73.1 Å². The molecule has 1 atom stereocenters. The van der Waals surface area contributed by atoms with Gasteiger partial charge in [0.2, 0.25) is 5.91 Å². The molecular weight excluding hydrogens is 376 g/mol. The Kier molecular flexibility index (Phi) is 9.84. The summed E-state index contributed by atoms with van der Waals surface area (Å²) in [6.45, 7) is 9.57. The molecule has 2 rings (SSSR count). The van der Waals surface area contributed by atoms with E-state index in [1.165, 1.54) is 5.56 Å². The van der Waals surface area contributed by atoms with Crippen molar-refractivity contribution in [2.45, 2.75) is 72.8 Å². The number of rotatable bonds is 9. The minimum Gasteiger partial charge on any atom is -0.352 e. The van der Waals surface area contributed by atoms with Crippen LogP contribution >= 0.6 is 0 Å². The van der Waals surface area contributed by atoms with Crippen LogP contribution in [-0.2, 0) is 11.3 Å². The summed E-state index contributed by atoms with van der Waals surface area (Å²) in [5, 5.41) is 10.3. The van der Waals surface area contributed by atoms with Crippen molar-refractivity contribution < 1.29 is 9.59 Å². The molecule has 3 amide bonds. The average Bonchev–Trinajstić information content (AvgIpc) is 2.77. The molecule has 3 N–H and O–H groups in total. The molecule has 1 fully saturated rings. The third kappa shape index (κ3) is 7.81. The van der Waals surface area contributed by atoms with Gasteiger partial charge in [0.05, 0.1) is 0 Å². The molecule has 1 saturated carbocycles. The number of hydrogen-bond donors (Lipinski definition) is 3. The van der Waals surface area contributed by atoms with Gasteiger partial charge in [0.25, 0.3) is 0 Å². The van der Waals surface area contributed by atoms with Gasteiger partial charge >= 0.3 is 6.03 Å². The van der Waals surface area contributed by atoms with Gasteiger partial charge in [-0.05, 0) is 62.8 Å². The quantitative estimate of drug-likeness (QED) is 0.410. The van der Waals surface area contributed by atoms with Gasteiger partial charge in [0, 0.05) is 24.7 Å². The predicted molar refractivity (Wildman–Crippen MR) is 122 cm³/mol. The molecule has 1 aliphatic rings. The summed E-state index contributed by atoms with van der Waals surface area (Å²) in [6.07, 6.45) is 5.52. The van der Waals surface area contributed by atoms with Gasteiger partial charge in [0.15, 0.2) is 0 Å². The highest BCUT2D eigenvalue weighted by atomic mass is 16.2. The Labute approximate surface area is 181 Å². The lowest BCUT2D eigenvalue weighted by atomic mass is 9.81. The van der Waals surface area contributed by atoms with E-state index in [0.29, 0.717) is 24.9 Å². The third-order valence-electron chi connectivity index (χ3n) is 6.20. The summed E-state index contributed by atoms with van der Waals surface area (Å²) in [4.78, 5) is 24.5. The van der Waals surface area contributed by atoms with Crippen molar-refractivity contribution in [2.24, 2.45) is 22.9 Å². The lowest BCUT2D eigenvalue weighted by molar-refractivity contribution is -0.126. The summed E-state index contributed by atoms with van der Waals surface area (Å²) in [5.41, 5.74) is 5.99. The first-order valence-corrected chi connectivity index (χ1v) is 11.4. The second-order valence-corrected chi connectivity index (χ2v) is 8.51. The summed E-state index contributed by atoms with van der Waals surface area (Å²) in [5.74, 6) is 1.02. The molecule has 166 valence electrons. The average molecular weight is 415 g/mol. The summed E-state index contributed by atoms with van der Waals surface area (Å²) >= 11 is 0. The Balaban J connectivity index is 1.66. The zero-order valence-corrected chi connectivity index (χ0v) is 19.0. The van der Waals surface area contributed by atoms with Crippen molar-refractivity contribution >= 4 is 17.6 Å². The first-order chi connectivity index (χ1) is 14.4. The van der Waals surface area contributed by atoms with Crippen LogP contribution < -0.4 is 16.1 Å². The highest BCUT2D eigenvalue weighted by Crippen LogP contribution is 2.28. The van der Waals surface area contributed by atoms with E-state index in [1.54, 1.807) is 0 Å². The first kappa shape index (κ1) is 23.9. The number of nitrogens with zero attached hydrogens (tertiary/aromatic N) is 1. The van der Waals surface area contributed by atoms with Crippen LogP contribution in [0.5, 0.6) is 0 Å². The molecule has 0 saturated heterocycles. The SMILES string of the molecule is CC/C(=N\NC(=O)NCC1CCC(C(=O)NCc2ccc(C)cc2)CC1)[C@@H](C)CC. The summed E-state index contributed by atoms with van der Waals surface area (Å²) in [6, 6.07) is 7.99. The second-order valence-electron chi connectivity index (χ2n) is 8.51. The fraction of sp³-hybridized carbons (Fsp3) is 0.625. The molecular formula is C24H38N4O2. The first-order valence-electron chi connectivity index (χ1n) is 11.4. The van der Waals surface area contributed by atoms with Crippen molar-refractivity contribution in [3.05, 3.63) is 35.4 Å². The van der Waals surface area contributed by atoms with Crippen molar-refractivity contribution in [3.63, 3.8) is 0 Å². The van der Waals surface area contributed by atoms with E-state index in [4.69, 9.17) is 0 Å². The monoisotopic (exact) mass is 414 g/mol. The number of carbonyl (C=O) groups excluding carboxylic acids is 2. The van der Waals surface area contributed by atoms with Crippen LogP contribution in [0.25, 0.3) is 0 Å². The Morgan fingerprint density at radius 3 is 2.33 bits per heavy atom. The van der Waals surface area contributed by atoms with Crippen molar-refractivity contribution in [1.82, 2.24) is 16.1 Å². The van der Waals surface area contributed by atoms with Crippen molar-refractivity contribution in [3.8, 4) is 0 Å². The Bertz CT molecular complexity index is 706. The lowest BCUT2D eigenvalue weighted by Crippen LogP contribution is -2.39. The highest BCUT2D eigenvalue weighted by Gasteiger charge is 2.26. The third-order valence-corrected chi connectivity index (χ3v) is 6.20. The van der Waals surface area contributed by atoms with E-state index in [0.717, 1.165) is 49.8 Å². The van der Waals surface area contributed by atoms with Gasteiger partial charge in [-0.3, -0.25) is 4.79 Å². The van der Waals surface area contributed by atoms with Crippen LogP contribution in [0.1, 0.15) is 70.4 Å². The molecule has 1 aromatic rings. The minimum atomic E-state index is -0.248. The van der Waals surface area contributed by atoms with E-state index in [1.807, 2.05) is 0 Å². The molecule has 0 aliphatic heterocycles. The molecule has 6 heteroatoms. The maximum absolute atomic E-state index is 12.5. The Morgan fingerprint density at radius 1 is 1.07 bits per heavy atom. The van der Waals surface area contributed by atoms with Crippen molar-refractivity contribution in [2.75, 3.05) is 6.54 Å². The van der Waals surface area contributed by atoms with E-state index in [9.17, 15) is 9.59 Å². The number of hydrogen-bond acceptors (Lipinski definition) is 3. The van der Waals surface area contributed by atoms with E-state index in [-0.39, 0.29) is 17.9 Å². The normalized spacial score (nSPS) is 20.3. The van der Waals surface area contributed by atoms with E-state index < -0.39 is 0 Å². The number of aryl methyl sites for hydroxylation is 1. The minimum absolute atomic E-state index is 0.0766. The molecule has 0 spiro atoms. The van der Waals surface area contributed by atoms with Crippen LogP contribution in [0.15, 0.2) is 29.4 Å². The standard InChI is InChI=1S/C24H38N4O2/c1-5-18(4)22(6-2)27-28-24(30)26-16-20-11-13-21(14-12-20)23(29)25-15-19-9-7-17(3)8-10-19/h7-10,18,20-21H,5-6,11-16H2,1-4H3,(H,25,29)(H2,26,28,30)/b27-22+/t18-,20?,21?/m0/s1. The molecule has 0 radical (unpaired) electrons. The van der Waals surface area contributed by atoms with Gasteiger partial charge in [-0.15, -0.1) is 0 Å². The highest BCUT2D eigenvalue weighted by molar-refractivity contribution is 5.87. The molecule has 6 nitrogen and oxygen atoms in total. The molecule has 0 unspecified atom stereocenters. The number of benzene rings is 1. The molecule has 30 heavy (non-hydrogen) atoms. The number of carbonyl (C=O) groups is 2. The molecule has 0 bridgehead atoms. The van der Waals surface area contributed by atoms with Crippen LogP contribution in [0.4, 0.5) is 4.79 Å². The van der Waals surface area contributed by atoms with Crippen molar-refractivity contribution in [1.29, 1.82) is 0 Å². The lowest BCUT2D eigenvalue weighted by Gasteiger charge is -2.27. The van der Waals surface area contributed by atoms with Gasteiger partial charge in [-0.2, -0.15) is 5.10 Å². The Hall–Kier alpha value is -2.37. The molecule has 0 aromatic heterocycles. The number of urea groups is 1. The maximum atomic E-state index is 12.5. The van der Waals surface area contributed by atoms with Gasteiger partial charge < -0.3 is 10.6 Å². The maximum Gasteiger partial charge on any atom is 0.335 e. The van der Waals surface area contributed by atoms with Gasteiger partial charge in [0.1, 0.15) is 0 Å². The van der Waals surface area contributed by atoms with Crippen LogP contribution in [0.3, 0.4) is 0 Å². The van der Waals surface area contributed by atoms with E-state index >= 15 is 0 Å². The van der Waals surface area contributed by atoms with Crippen LogP contribution in [0, 0.1) is 24.7 Å². The zero-order valence-electron chi connectivity index (χ0n) is 19.0.